The van der Waals surface area contributed by atoms with Crippen LogP contribution in [0.2, 0.25) is 0 Å². The maximum atomic E-state index is 12.6. The Morgan fingerprint density at radius 2 is 1.50 bits per heavy atom. The summed E-state index contributed by atoms with van der Waals surface area (Å²) in [6.45, 7) is 7.61. The van der Waals surface area contributed by atoms with Gasteiger partial charge in [-0.3, -0.25) is 4.90 Å². The van der Waals surface area contributed by atoms with Crippen molar-refractivity contribution in [3.63, 3.8) is 0 Å². The molecule has 0 spiro atoms. The molecule has 0 aromatic heterocycles. The molecular formula is C20H23NO5. The van der Waals surface area contributed by atoms with Crippen LogP contribution in [0.4, 0.5) is 0 Å². The van der Waals surface area contributed by atoms with Crippen molar-refractivity contribution >= 4 is 11.9 Å². The van der Waals surface area contributed by atoms with Gasteiger partial charge in [0.1, 0.15) is 28.9 Å². The second-order valence-electron chi connectivity index (χ2n) is 5.63. The molecule has 0 aliphatic carbocycles. The molecule has 0 saturated carbocycles. The number of carboxylic acid groups (broad SMARTS) is 1. The number of para-hydroxylation sites is 2. The van der Waals surface area contributed by atoms with Gasteiger partial charge in [0, 0.05) is 0 Å². The minimum Gasteiger partial charge on any atom is -0.478 e. The van der Waals surface area contributed by atoms with Crippen LogP contribution in [0.5, 0.6) is 11.5 Å². The van der Waals surface area contributed by atoms with Gasteiger partial charge in [0.05, 0.1) is 0 Å². The van der Waals surface area contributed by atoms with Crippen molar-refractivity contribution in [1.29, 1.82) is 0 Å². The first kappa shape index (κ1) is 19.5. The number of carboxylic acids is 1. The molecule has 0 saturated heterocycles. The Balaban J connectivity index is 2.24. The lowest BCUT2D eigenvalue weighted by molar-refractivity contribution is 0.0457. The summed E-state index contributed by atoms with van der Waals surface area (Å²) in [7, 11) is 0. The molecule has 138 valence electrons. The summed E-state index contributed by atoms with van der Waals surface area (Å²) in [5, 5.41) is 9.22. The molecule has 0 aliphatic heterocycles. The molecule has 0 aliphatic rings. The van der Waals surface area contributed by atoms with E-state index in [4.69, 9.17) is 9.47 Å². The molecular weight excluding hydrogens is 334 g/mol. The Labute approximate surface area is 153 Å². The number of hydrogen-bond acceptors (Lipinski definition) is 5. The Morgan fingerprint density at radius 1 is 0.962 bits per heavy atom. The van der Waals surface area contributed by atoms with Gasteiger partial charge in [-0.25, -0.2) is 9.59 Å². The monoisotopic (exact) mass is 357 g/mol. The highest BCUT2D eigenvalue weighted by molar-refractivity contribution is 5.96. The van der Waals surface area contributed by atoms with E-state index in [0.29, 0.717) is 5.75 Å². The van der Waals surface area contributed by atoms with E-state index in [1.807, 2.05) is 20.8 Å². The minimum absolute atomic E-state index is 0.00315. The predicted molar refractivity (Wildman–Crippen MR) is 97.8 cm³/mol. The zero-order valence-electron chi connectivity index (χ0n) is 15.1. The highest BCUT2D eigenvalue weighted by Gasteiger charge is 2.20. The van der Waals surface area contributed by atoms with Gasteiger partial charge in [0.25, 0.3) is 0 Å². The quantitative estimate of drug-likeness (QED) is 0.441. The predicted octanol–water partition coefficient (Wildman–Crippen LogP) is 3.67. The van der Waals surface area contributed by atoms with Crippen molar-refractivity contribution in [1.82, 2.24) is 4.90 Å². The largest absolute Gasteiger partial charge is 0.478 e. The van der Waals surface area contributed by atoms with Crippen LogP contribution in [-0.4, -0.2) is 41.3 Å². The summed E-state index contributed by atoms with van der Waals surface area (Å²) >= 11 is 0. The van der Waals surface area contributed by atoms with Crippen LogP contribution >= 0.6 is 0 Å². The van der Waals surface area contributed by atoms with Gasteiger partial charge in [-0.2, -0.15) is 0 Å². The Hall–Kier alpha value is -2.86. The molecule has 2 rings (SSSR count). The molecule has 2 aromatic rings. The van der Waals surface area contributed by atoms with E-state index < -0.39 is 11.9 Å². The summed E-state index contributed by atoms with van der Waals surface area (Å²) in [6, 6.07) is 12.8. The summed E-state index contributed by atoms with van der Waals surface area (Å²) in [4.78, 5) is 26.0. The van der Waals surface area contributed by atoms with Crippen LogP contribution in [0.1, 0.15) is 41.5 Å². The topological polar surface area (TPSA) is 76.1 Å². The smallest absolute Gasteiger partial charge is 0.347 e. The van der Waals surface area contributed by atoms with E-state index in [9.17, 15) is 14.7 Å². The zero-order chi connectivity index (χ0) is 19.1. The van der Waals surface area contributed by atoms with Crippen molar-refractivity contribution in [2.75, 3.05) is 13.1 Å². The molecule has 1 atom stereocenters. The molecule has 2 aromatic carbocycles. The molecule has 0 radical (unpaired) electrons. The van der Waals surface area contributed by atoms with Gasteiger partial charge < -0.3 is 14.6 Å². The summed E-state index contributed by atoms with van der Waals surface area (Å²) in [5.74, 6) is -1.43. The maximum absolute atomic E-state index is 12.6. The van der Waals surface area contributed by atoms with Gasteiger partial charge in [-0.1, -0.05) is 38.1 Å². The summed E-state index contributed by atoms with van der Waals surface area (Å²) in [5.41, 5.74) is 0.169. The highest BCUT2D eigenvalue weighted by Crippen LogP contribution is 2.24. The average molecular weight is 357 g/mol. The second kappa shape index (κ2) is 9.01. The molecule has 1 unspecified atom stereocenters. The first-order valence-corrected chi connectivity index (χ1v) is 8.52. The maximum Gasteiger partial charge on any atom is 0.347 e. The van der Waals surface area contributed by atoms with Gasteiger partial charge in [0.2, 0.25) is 0 Å². The van der Waals surface area contributed by atoms with Crippen molar-refractivity contribution in [3.05, 3.63) is 59.7 Å². The van der Waals surface area contributed by atoms with E-state index in [-0.39, 0.29) is 23.1 Å². The van der Waals surface area contributed by atoms with Gasteiger partial charge in [-0.05, 0) is 44.3 Å². The molecule has 6 heteroatoms. The fourth-order valence-electron chi connectivity index (χ4n) is 2.62. The third-order valence-electron chi connectivity index (χ3n) is 4.05. The van der Waals surface area contributed by atoms with Crippen LogP contribution in [0.15, 0.2) is 48.5 Å². The number of ether oxygens (including phenoxy) is 2. The Kier molecular flexibility index (Phi) is 6.74. The van der Waals surface area contributed by atoms with E-state index in [1.165, 1.54) is 12.1 Å². The van der Waals surface area contributed by atoms with E-state index in [0.717, 1.165) is 13.1 Å². The number of carbonyl (C=O) groups is 2. The molecule has 6 nitrogen and oxygen atoms in total. The summed E-state index contributed by atoms with van der Waals surface area (Å²) < 4.78 is 11.2. The number of benzene rings is 2. The standard InChI is InChI=1S/C20H23NO5/c1-4-21(5-2)14(3)25-18-13-9-7-11-16(18)20(24)26-17-12-8-6-10-15(17)19(22)23/h6-14H,4-5H2,1-3H3,(H,22,23). The van der Waals surface area contributed by atoms with Crippen LogP contribution in [0.3, 0.4) is 0 Å². The zero-order valence-corrected chi connectivity index (χ0v) is 15.1. The third kappa shape index (κ3) is 4.61. The fraction of sp³-hybridized carbons (Fsp3) is 0.300. The number of aromatic carboxylic acids is 1. The molecule has 26 heavy (non-hydrogen) atoms. The van der Waals surface area contributed by atoms with Crippen LogP contribution in [0.25, 0.3) is 0 Å². The molecule has 0 amide bonds. The number of rotatable bonds is 8. The van der Waals surface area contributed by atoms with Crippen molar-refractivity contribution in [3.8, 4) is 11.5 Å². The number of esters is 1. The highest BCUT2D eigenvalue weighted by atomic mass is 16.5. The number of hydrogen-bond donors (Lipinski definition) is 1. The second-order valence-corrected chi connectivity index (χ2v) is 5.63. The Morgan fingerprint density at radius 3 is 2.08 bits per heavy atom. The van der Waals surface area contributed by atoms with E-state index in [2.05, 4.69) is 4.90 Å². The minimum atomic E-state index is -1.16. The Bertz CT molecular complexity index is 770. The van der Waals surface area contributed by atoms with Gasteiger partial charge >= 0.3 is 11.9 Å². The van der Waals surface area contributed by atoms with Crippen molar-refractivity contribution in [2.24, 2.45) is 0 Å². The van der Waals surface area contributed by atoms with Crippen LogP contribution in [0, 0.1) is 0 Å². The first-order valence-electron chi connectivity index (χ1n) is 8.52. The van der Waals surface area contributed by atoms with Gasteiger partial charge in [0.15, 0.2) is 0 Å². The lowest BCUT2D eigenvalue weighted by atomic mass is 10.2. The normalized spacial score (nSPS) is 11.8. The lowest BCUT2D eigenvalue weighted by Gasteiger charge is -2.27. The number of carbonyl (C=O) groups excluding carboxylic acids is 1. The number of nitrogens with zero attached hydrogens (tertiary/aromatic N) is 1. The van der Waals surface area contributed by atoms with Crippen LogP contribution in [-0.2, 0) is 0 Å². The SMILES string of the molecule is CCN(CC)C(C)Oc1ccccc1C(=O)Oc1ccccc1C(=O)O. The van der Waals surface area contributed by atoms with Crippen molar-refractivity contribution in [2.45, 2.75) is 27.0 Å². The molecule has 0 fully saturated rings. The first-order chi connectivity index (χ1) is 12.5. The van der Waals surface area contributed by atoms with Gasteiger partial charge in [-0.15, -0.1) is 0 Å². The van der Waals surface area contributed by atoms with E-state index in [1.54, 1.807) is 36.4 Å². The molecule has 0 heterocycles. The average Bonchev–Trinajstić information content (AvgIpc) is 2.63. The molecule has 1 N–H and O–H groups in total. The van der Waals surface area contributed by atoms with Crippen LogP contribution < -0.4 is 9.47 Å². The molecule has 0 bridgehead atoms. The van der Waals surface area contributed by atoms with Crippen molar-refractivity contribution < 1.29 is 24.2 Å². The van der Waals surface area contributed by atoms with E-state index >= 15 is 0 Å². The lowest BCUT2D eigenvalue weighted by Crippen LogP contribution is -2.37. The third-order valence-corrected chi connectivity index (χ3v) is 4.05. The summed E-state index contributed by atoms with van der Waals surface area (Å²) in [6.07, 6.45) is -0.217. The fourth-order valence-corrected chi connectivity index (χ4v) is 2.62.